The zero-order valence-electron chi connectivity index (χ0n) is 15.2. The van der Waals surface area contributed by atoms with Crippen LogP contribution < -0.4 is 5.43 Å². The molecule has 29 heavy (non-hydrogen) atoms. The lowest BCUT2D eigenvalue weighted by Crippen LogP contribution is -2.18. The molecule has 140 valence electrons. The number of H-pyrrole nitrogens is 1. The standard InChI is InChI=1S/C23H15ClN4O/c24-19-8-4-7-18-20(17-5-2-1-3-6-17)22(27-21(18)19)23(29)28-26-14-16-11-9-15(13-25)10-12-16/h1-12,14,27H,(H,28,29)/b26-14-. The summed E-state index contributed by atoms with van der Waals surface area (Å²) >= 11 is 6.33. The lowest BCUT2D eigenvalue weighted by atomic mass is 10.0. The summed E-state index contributed by atoms with van der Waals surface area (Å²) < 4.78 is 0. The number of benzene rings is 3. The van der Waals surface area contributed by atoms with Crippen LogP contribution in [0.4, 0.5) is 0 Å². The number of fused-ring (bicyclic) bond motifs is 1. The molecular formula is C23H15ClN4O. The number of carbonyl (C=O) groups is 1. The Balaban J connectivity index is 1.67. The Morgan fingerprint density at radius 3 is 2.52 bits per heavy atom. The molecule has 0 saturated carbocycles. The predicted molar refractivity (Wildman–Crippen MR) is 115 cm³/mol. The second kappa shape index (κ2) is 8.01. The van der Waals surface area contributed by atoms with Crippen LogP contribution in [0.3, 0.4) is 0 Å². The van der Waals surface area contributed by atoms with E-state index < -0.39 is 0 Å². The zero-order chi connectivity index (χ0) is 20.2. The van der Waals surface area contributed by atoms with Gasteiger partial charge in [-0.3, -0.25) is 4.79 Å². The first-order chi connectivity index (χ1) is 14.2. The predicted octanol–water partition coefficient (Wildman–Crippen LogP) is 5.12. The molecule has 6 heteroatoms. The maximum absolute atomic E-state index is 12.9. The smallest absolute Gasteiger partial charge is 0.288 e. The van der Waals surface area contributed by atoms with Crippen molar-refractivity contribution in [2.45, 2.75) is 0 Å². The maximum Gasteiger partial charge on any atom is 0.288 e. The van der Waals surface area contributed by atoms with Crippen molar-refractivity contribution in [3.63, 3.8) is 0 Å². The van der Waals surface area contributed by atoms with Gasteiger partial charge >= 0.3 is 0 Å². The molecule has 4 aromatic rings. The highest BCUT2D eigenvalue weighted by atomic mass is 35.5. The molecule has 0 aliphatic rings. The van der Waals surface area contributed by atoms with Crippen molar-refractivity contribution in [2.75, 3.05) is 0 Å². The SMILES string of the molecule is N#Cc1ccc(/C=N\NC(=O)c2[nH]c3c(Cl)cccc3c2-c2ccccc2)cc1. The molecule has 0 radical (unpaired) electrons. The Labute approximate surface area is 172 Å². The maximum atomic E-state index is 12.9. The van der Waals surface area contributed by atoms with Gasteiger partial charge in [0.2, 0.25) is 0 Å². The van der Waals surface area contributed by atoms with E-state index in [1.807, 2.05) is 42.5 Å². The molecule has 4 rings (SSSR count). The van der Waals surface area contributed by atoms with Crippen molar-refractivity contribution in [1.29, 1.82) is 5.26 Å². The molecule has 2 N–H and O–H groups in total. The van der Waals surface area contributed by atoms with E-state index in [2.05, 4.69) is 21.6 Å². The Kier molecular flexibility index (Phi) is 5.10. The van der Waals surface area contributed by atoms with Crippen LogP contribution in [0.25, 0.3) is 22.0 Å². The van der Waals surface area contributed by atoms with Crippen LogP contribution in [0.2, 0.25) is 5.02 Å². The minimum Gasteiger partial charge on any atom is -0.349 e. The number of carbonyl (C=O) groups excluding carboxylic acids is 1. The second-order valence-electron chi connectivity index (χ2n) is 6.34. The number of hydrogen-bond acceptors (Lipinski definition) is 3. The summed E-state index contributed by atoms with van der Waals surface area (Å²) in [5.74, 6) is -0.374. The normalized spacial score (nSPS) is 10.9. The van der Waals surface area contributed by atoms with Gasteiger partial charge in [-0.05, 0) is 29.3 Å². The Bertz CT molecular complexity index is 1250. The fraction of sp³-hybridized carbons (Fsp3) is 0. The van der Waals surface area contributed by atoms with E-state index in [1.54, 1.807) is 30.3 Å². The third-order valence-corrected chi connectivity index (χ3v) is 4.81. The van der Waals surface area contributed by atoms with Gasteiger partial charge in [-0.15, -0.1) is 0 Å². The van der Waals surface area contributed by atoms with E-state index in [1.165, 1.54) is 6.21 Å². The molecule has 0 fully saturated rings. The van der Waals surface area contributed by atoms with E-state index in [0.717, 1.165) is 22.1 Å². The van der Waals surface area contributed by atoms with E-state index in [4.69, 9.17) is 16.9 Å². The largest absolute Gasteiger partial charge is 0.349 e. The number of halogens is 1. The van der Waals surface area contributed by atoms with Crippen LogP contribution in [0.1, 0.15) is 21.6 Å². The van der Waals surface area contributed by atoms with Crippen LogP contribution in [-0.2, 0) is 0 Å². The van der Waals surface area contributed by atoms with Gasteiger partial charge in [-0.25, -0.2) is 5.43 Å². The summed E-state index contributed by atoms with van der Waals surface area (Å²) in [6.07, 6.45) is 1.52. The highest BCUT2D eigenvalue weighted by Crippen LogP contribution is 2.35. The summed E-state index contributed by atoms with van der Waals surface area (Å²) in [5, 5.41) is 14.3. The molecule has 0 aliphatic carbocycles. The number of rotatable bonds is 4. The Morgan fingerprint density at radius 1 is 1.03 bits per heavy atom. The number of hydrogen-bond donors (Lipinski definition) is 2. The summed E-state index contributed by atoms with van der Waals surface area (Å²) in [7, 11) is 0. The second-order valence-corrected chi connectivity index (χ2v) is 6.74. The van der Waals surface area contributed by atoms with Crippen molar-refractivity contribution in [3.8, 4) is 17.2 Å². The molecule has 0 spiro atoms. The molecule has 0 saturated heterocycles. The molecule has 0 unspecified atom stereocenters. The van der Waals surface area contributed by atoms with Crippen molar-refractivity contribution < 1.29 is 4.79 Å². The summed E-state index contributed by atoms with van der Waals surface area (Å²) in [4.78, 5) is 16.0. The molecule has 3 aromatic carbocycles. The van der Waals surface area contributed by atoms with Gasteiger partial charge in [0.15, 0.2) is 0 Å². The fourth-order valence-electron chi connectivity index (χ4n) is 3.12. The van der Waals surface area contributed by atoms with E-state index in [-0.39, 0.29) is 5.91 Å². The average Bonchev–Trinajstić information content (AvgIpc) is 3.16. The van der Waals surface area contributed by atoms with Crippen LogP contribution in [0.5, 0.6) is 0 Å². The lowest BCUT2D eigenvalue weighted by Gasteiger charge is -2.04. The number of nitriles is 1. The van der Waals surface area contributed by atoms with Gasteiger partial charge in [0.1, 0.15) is 5.69 Å². The zero-order valence-corrected chi connectivity index (χ0v) is 15.9. The molecule has 0 atom stereocenters. The topological polar surface area (TPSA) is 81.0 Å². The first-order valence-corrected chi connectivity index (χ1v) is 9.24. The quantitative estimate of drug-likeness (QED) is 0.369. The minimum atomic E-state index is -0.374. The van der Waals surface area contributed by atoms with E-state index in [0.29, 0.717) is 21.8 Å². The van der Waals surface area contributed by atoms with Crippen molar-refractivity contribution in [3.05, 3.63) is 94.6 Å². The number of aromatic nitrogens is 1. The van der Waals surface area contributed by atoms with Gasteiger partial charge in [0.05, 0.1) is 28.4 Å². The Hall–Kier alpha value is -3.88. The minimum absolute atomic E-state index is 0.374. The third kappa shape index (κ3) is 3.75. The van der Waals surface area contributed by atoms with Crippen LogP contribution in [-0.4, -0.2) is 17.1 Å². The molecule has 1 aromatic heterocycles. The van der Waals surface area contributed by atoms with Crippen LogP contribution >= 0.6 is 11.6 Å². The van der Waals surface area contributed by atoms with Crippen molar-refractivity contribution in [2.24, 2.45) is 5.10 Å². The van der Waals surface area contributed by atoms with Gasteiger partial charge in [-0.2, -0.15) is 10.4 Å². The number of amides is 1. The average molecular weight is 399 g/mol. The molecule has 0 bridgehead atoms. The van der Waals surface area contributed by atoms with Gasteiger partial charge in [0.25, 0.3) is 5.91 Å². The van der Waals surface area contributed by atoms with Crippen LogP contribution in [0.15, 0.2) is 77.9 Å². The first-order valence-electron chi connectivity index (χ1n) is 8.86. The molecule has 1 heterocycles. The third-order valence-electron chi connectivity index (χ3n) is 4.49. The molecule has 1 amide bonds. The summed E-state index contributed by atoms with van der Waals surface area (Å²) in [5.41, 5.74) is 6.66. The van der Waals surface area contributed by atoms with Gasteiger partial charge < -0.3 is 4.98 Å². The first kappa shape index (κ1) is 18.5. The number of nitrogens with one attached hydrogen (secondary N) is 2. The van der Waals surface area contributed by atoms with Gasteiger partial charge in [0, 0.05) is 10.9 Å². The molecule has 0 aliphatic heterocycles. The number of hydrazone groups is 1. The lowest BCUT2D eigenvalue weighted by molar-refractivity contribution is 0.0951. The highest BCUT2D eigenvalue weighted by molar-refractivity contribution is 6.36. The fourth-order valence-corrected chi connectivity index (χ4v) is 3.34. The van der Waals surface area contributed by atoms with E-state index in [9.17, 15) is 4.79 Å². The number of nitrogens with zero attached hydrogens (tertiary/aromatic N) is 2. The molecular weight excluding hydrogens is 384 g/mol. The molecule has 5 nitrogen and oxygen atoms in total. The number of para-hydroxylation sites is 1. The van der Waals surface area contributed by atoms with Gasteiger partial charge in [-0.1, -0.05) is 66.2 Å². The van der Waals surface area contributed by atoms with Crippen molar-refractivity contribution in [1.82, 2.24) is 10.4 Å². The van der Waals surface area contributed by atoms with Crippen molar-refractivity contribution >= 4 is 34.6 Å². The monoisotopic (exact) mass is 398 g/mol. The summed E-state index contributed by atoms with van der Waals surface area (Å²) in [6.45, 7) is 0. The Morgan fingerprint density at radius 2 is 1.79 bits per heavy atom. The summed E-state index contributed by atoms with van der Waals surface area (Å²) in [6, 6.07) is 24.2. The number of aromatic amines is 1. The van der Waals surface area contributed by atoms with Crippen LogP contribution in [0, 0.1) is 11.3 Å². The van der Waals surface area contributed by atoms with E-state index >= 15 is 0 Å². The highest BCUT2D eigenvalue weighted by Gasteiger charge is 2.20.